The van der Waals surface area contributed by atoms with Crippen LogP contribution in [0.5, 0.6) is 0 Å². The van der Waals surface area contributed by atoms with E-state index in [9.17, 15) is 4.79 Å². The Kier molecular flexibility index (Phi) is 6.96. The van der Waals surface area contributed by atoms with Gasteiger partial charge in [0.1, 0.15) is 17.2 Å². The highest BCUT2D eigenvalue weighted by Crippen LogP contribution is 2.34. The SMILES string of the molecule is CN1CCCC1c1ncc(-c2ccc(-c3ccc(-c4cnc([C@@H]5CCCN5C(=O)OC(C)(C)C)[nH]4)cc3)cc2)[nH]1. The van der Waals surface area contributed by atoms with E-state index in [1.54, 1.807) is 4.90 Å². The number of nitrogens with zero attached hydrogens (tertiary/aromatic N) is 4. The van der Waals surface area contributed by atoms with Crippen molar-refractivity contribution in [2.45, 2.75) is 64.1 Å². The minimum Gasteiger partial charge on any atom is -0.444 e. The first-order valence-corrected chi connectivity index (χ1v) is 14.3. The lowest BCUT2D eigenvalue weighted by Gasteiger charge is -2.27. The second-order valence-electron chi connectivity index (χ2n) is 12.0. The highest BCUT2D eigenvalue weighted by Gasteiger charge is 2.34. The zero-order valence-electron chi connectivity index (χ0n) is 23.8. The van der Waals surface area contributed by atoms with Gasteiger partial charge in [0.25, 0.3) is 0 Å². The Morgan fingerprint density at radius 3 is 1.75 bits per heavy atom. The molecule has 2 aromatic heterocycles. The molecule has 0 radical (unpaired) electrons. The number of benzene rings is 2. The molecular formula is C32H38N6O2. The van der Waals surface area contributed by atoms with Crippen LogP contribution in [0.2, 0.25) is 0 Å². The number of aromatic nitrogens is 4. The van der Waals surface area contributed by atoms with Crippen LogP contribution in [0.3, 0.4) is 0 Å². The van der Waals surface area contributed by atoms with Crippen molar-refractivity contribution in [2.75, 3.05) is 20.1 Å². The average molecular weight is 539 g/mol. The summed E-state index contributed by atoms with van der Waals surface area (Å²) < 4.78 is 5.62. The molecule has 2 aromatic carbocycles. The molecule has 4 heterocycles. The van der Waals surface area contributed by atoms with E-state index in [0.29, 0.717) is 12.6 Å². The second-order valence-corrected chi connectivity index (χ2v) is 12.0. The molecule has 40 heavy (non-hydrogen) atoms. The molecule has 6 rings (SSSR count). The second kappa shape index (κ2) is 10.6. The Hall–Kier alpha value is -3.91. The van der Waals surface area contributed by atoms with Crippen LogP contribution in [-0.4, -0.2) is 61.6 Å². The van der Waals surface area contributed by atoms with Crippen molar-refractivity contribution in [3.63, 3.8) is 0 Å². The molecule has 1 amide bonds. The molecule has 8 nitrogen and oxygen atoms in total. The van der Waals surface area contributed by atoms with E-state index in [4.69, 9.17) is 4.74 Å². The van der Waals surface area contributed by atoms with Gasteiger partial charge < -0.3 is 14.7 Å². The minimum atomic E-state index is -0.518. The van der Waals surface area contributed by atoms with Crippen LogP contribution < -0.4 is 0 Å². The normalized spacial score (nSPS) is 19.9. The van der Waals surface area contributed by atoms with Gasteiger partial charge in [-0.05, 0) is 82.3 Å². The molecule has 1 unspecified atom stereocenters. The first-order chi connectivity index (χ1) is 19.2. The molecule has 2 fully saturated rings. The van der Waals surface area contributed by atoms with Crippen LogP contribution in [0.15, 0.2) is 60.9 Å². The molecule has 0 saturated carbocycles. The number of imidazole rings is 2. The van der Waals surface area contributed by atoms with Gasteiger partial charge in [0.05, 0.1) is 35.9 Å². The Morgan fingerprint density at radius 1 is 0.775 bits per heavy atom. The molecule has 2 aliphatic heterocycles. The van der Waals surface area contributed by atoms with Crippen molar-refractivity contribution >= 4 is 6.09 Å². The van der Waals surface area contributed by atoms with E-state index < -0.39 is 5.60 Å². The maximum absolute atomic E-state index is 12.7. The van der Waals surface area contributed by atoms with Gasteiger partial charge in [0.2, 0.25) is 0 Å². The maximum atomic E-state index is 12.7. The number of ether oxygens (including phenoxy) is 1. The van der Waals surface area contributed by atoms with Crippen LogP contribution in [-0.2, 0) is 4.74 Å². The quantitative estimate of drug-likeness (QED) is 0.286. The highest BCUT2D eigenvalue weighted by molar-refractivity contribution is 5.72. The summed E-state index contributed by atoms with van der Waals surface area (Å²) in [4.78, 5) is 33.2. The zero-order chi connectivity index (χ0) is 27.9. The Bertz CT molecular complexity index is 1460. The van der Waals surface area contributed by atoms with Gasteiger partial charge in [-0.2, -0.15) is 0 Å². The highest BCUT2D eigenvalue weighted by atomic mass is 16.6. The van der Waals surface area contributed by atoms with Crippen molar-refractivity contribution in [3.05, 3.63) is 72.6 Å². The number of rotatable bonds is 5. The van der Waals surface area contributed by atoms with E-state index >= 15 is 0 Å². The van der Waals surface area contributed by atoms with Crippen molar-refractivity contribution < 1.29 is 9.53 Å². The summed E-state index contributed by atoms with van der Waals surface area (Å²) in [6.07, 6.45) is 7.71. The summed E-state index contributed by atoms with van der Waals surface area (Å²) in [6.45, 7) is 7.49. The van der Waals surface area contributed by atoms with Crippen molar-refractivity contribution in [3.8, 4) is 33.6 Å². The lowest BCUT2D eigenvalue weighted by atomic mass is 10.0. The van der Waals surface area contributed by atoms with Crippen molar-refractivity contribution in [1.29, 1.82) is 0 Å². The summed E-state index contributed by atoms with van der Waals surface area (Å²) in [5.74, 6) is 1.86. The van der Waals surface area contributed by atoms with Gasteiger partial charge in [0, 0.05) is 6.54 Å². The number of hydrogen-bond donors (Lipinski definition) is 2. The van der Waals surface area contributed by atoms with E-state index in [1.807, 2.05) is 33.2 Å². The number of H-pyrrole nitrogens is 2. The Labute approximate surface area is 235 Å². The number of carbonyl (C=O) groups is 1. The predicted molar refractivity (Wildman–Crippen MR) is 157 cm³/mol. The van der Waals surface area contributed by atoms with Crippen LogP contribution in [0.1, 0.15) is 70.2 Å². The van der Waals surface area contributed by atoms with Gasteiger partial charge in [-0.15, -0.1) is 0 Å². The fraction of sp³-hybridized carbons (Fsp3) is 0.406. The van der Waals surface area contributed by atoms with Gasteiger partial charge >= 0.3 is 6.09 Å². The number of amides is 1. The summed E-state index contributed by atoms with van der Waals surface area (Å²) in [5, 5.41) is 0. The molecule has 0 bridgehead atoms. The fourth-order valence-corrected chi connectivity index (χ4v) is 5.84. The average Bonchev–Trinajstić information content (AvgIpc) is 3.74. The number of nitrogens with one attached hydrogen (secondary N) is 2. The van der Waals surface area contributed by atoms with Gasteiger partial charge in [-0.3, -0.25) is 9.80 Å². The van der Waals surface area contributed by atoms with Crippen LogP contribution in [0, 0.1) is 0 Å². The van der Waals surface area contributed by atoms with E-state index in [-0.39, 0.29) is 12.1 Å². The Morgan fingerprint density at radius 2 is 1.25 bits per heavy atom. The Balaban J connectivity index is 1.13. The number of carbonyl (C=O) groups excluding carboxylic acids is 1. The van der Waals surface area contributed by atoms with Crippen LogP contribution in [0.25, 0.3) is 33.6 Å². The lowest BCUT2D eigenvalue weighted by molar-refractivity contribution is 0.0218. The van der Waals surface area contributed by atoms with E-state index in [2.05, 4.69) is 80.4 Å². The van der Waals surface area contributed by atoms with Crippen LogP contribution >= 0.6 is 0 Å². The molecule has 2 N–H and O–H groups in total. The van der Waals surface area contributed by atoms with Gasteiger partial charge in [0.15, 0.2) is 0 Å². The first kappa shape index (κ1) is 26.3. The third-order valence-electron chi connectivity index (χ3n) is 7.95. The number of aromatic amines is 2. The number of hydrogen-bond acceptors (Lipinski definition) is 5. The zero-order valence-corrected chi connectivity index (χ0v) is 23.8. The molecule has 0 aliphatic carbocycles. The van der Waals surface area contributed by atoms with Crippen LogP contribution in [0.4, 0.5) is 4.79 Å². The fourth-order valence-electron chi connectivity index (χ4n) is 5.84. The smallest absolute Gasteiger partial charge is 0.410 e. The summed E-state index contributed by atoms with van der Waals surface area (Å²) in [5.41, 5.74) is 5.99. The standard InChI is InChI=1S/C32H38N6O2/c1-32(2,3)40-31(39)38-18-6-8-28(38)30-34-20-26(36-30)24-15-11-22(12-16-24)21-9-13-23(14-10-21)25-19-33-29(35-25)27-7-5-17-37(27)4/h9-16,19-20,27-28H,5-8,17-18H2,1-4H3,(H,33,35)(H,34,36)/t27?,28-/m0/s1. The third-order valence-corrected chi connectivity index (χ3v) is 7.95. The lowest BCUT2D eigenvalue weighted by Crippen LogP contribution is -2.36. The summed E-state index contributed by atoms with van der Waals surface area (Å²) >= 11 is 0. The molecule has 0 spiro atoms. The molecular weight excluding hydrogens is 500 g/mol. The molecule has 208 valence electrons. The summed E-state index contributed by atoms with van der Waals surface area (Å²) in [6, 6.07) is 17.4. The monoisotopic (exact) mass is 538 g/mol. The topological polar surface area (TPSA) is 90.1 Å². The summed E-state index contributed by atoms with van der Waals surface area (Å²) in [7, 11) is 2.17. The van der Waals surface area contributed by atoms with E-state index in [1.165, 1.54) is 6.42 Å². The van der Waals surface area contributed by atoms with Gasteiger partial charge in [-0.25, -0.2) is 14.8 Å². The molecule has 2 saturated heterocycles. The molecule has 2 atom stereocenters. The maximum Gasteiger partial charge on any atom is 0.410 e. The third kappa shape index (κ3) is 5.41. The molecule has 8 heteroatoms. The molecule has 2 aliphatic rings. The minimum absolute atomic E-state index is 0.0913. The van der Waals surface area contributed by atoms with Crippen molar-refractivity contribution in [1.82, 2.24) is 29.7 Å². The number of likely N-dealkylation sites (tertiary alicyclic amines) is 2. The predicted octanol–water partition coefficient (Wildman–Crippen LogP) is 6.97. The molecule has 4 aromatic rings. The van der Waals surface area contributed by atoms with Gasteiger partial charge in [-0.1, -0.05) is 48.5 Å². The van der Waals surface area contributed by atoms with E-state index in [0.717, 1.165) is 71.1 Å². The van der Waals surface area contributed by atoms with Crippen molar-refractivity contribution in [2.24, 2.45) is 0 Å². The largest absolute Gasteiger partial charge is 0.444 e. The first-order valence-electron chi connectivity index (χ1n) is 14.3.